The Morgan fingerprint density at radius 2 is 2.07 bits per heavy atom. The van der Waals surface area contributed by atoms with Crippen LogP contribution >= 0.6 is 0 Å². The second-order valence-corrected chi connectivity index (χ2v) is 4.24. The normalized spacial score (nSPS) is 11.1. The Morgan fingerprint density at radius 3 is 2.43 bits per heavy atom. The number of nitrogens with two attached hydrogens (primary N) is 1. The number of rotatable bonds is 3. The van der Waals surface area contributed by atoms with Gasteiger partial charge in [0.1, 0.15) is 5.82 Å². The fourth-order valence-corrected chi connectivity index (χ4v) is 1.32. The van der Waals surface area contributed by atoms with Gasteiger partial charge in [-0.1, -0.05) is 0 Å². The van der Waals surface area contributed by atoms with Crippen molar-refractivity contribution in [3.05, 3.63) is 18.3 Å². The van der Waals surface area contributed by atoms with E-state index in [9.17, 15) is 8.42 Å². The Kier molecular flexibility index (Phi) is 2.92. The maximum atomic E-state index is 10.6. The monoisotopic (exact) mass is 216 g/mol. The average Bonchev–Trinajstić information content (AvgIpc) is 2.02. The highest BCUT2D eigenvalue weighted by molar-refractivity contribution is 7.90. The number of anilines is 2. The minimum absolute atomic E-state index is 0.345. The maximum Gasteiger partial charge on any atom is 0.296 e. The molecule has 78 valence electrons. The van der Waals surface area contributed by atoms with Crippen molar-refractivity contribution in [3.63, 3.8) is 0 Å². The Hall–Kier alpha value is -1.34. The Labute approximate surface area is 82.9 Å². The van der Waals surface area contributed by atoms with E-state index in [0.29, 0.717) is 5.69 Å². The molecule has 0 fully saturated rings. The van der Waals surface area contributed by atoms with Crippen molar-refractivity contribution in [2.24, 2.45) is 5.14 Å². The van der Waals surface area contributed by atoms with Crippen LogP contribution in [-0.2, 0) is 10.2 Å². The van der Waals surface area contributed by atoms with Crippen LogP contribution < -0.4 is 14.8 Å². The smallest absolute Gasteiger partial charge is 0.296 e. The zero-order valence-electron chi connectivity index (χ0n) is 7.93. The van der Waals surface area contributed by atoms with Crippen molar-refractivity contribution in [2.45, 2.75) is 0 Å². The molecule has 0 unspecified atom stereocenters. The van der Waals surface area contributed by atoms with E-state index in [0.717, 1.165) is 5.82 Å². The Balaban J connectivity index is 2.84. The van der Waals surface area contributed by atoms with E-state index in [4.69, 9.17) is 5.14 Å². The highest BCUT2D eigenvalue weighted by Gasteiger charge is 2.02. The summed E-state index contributed by atoms with van der Waals surface area (Å²) in [6, 6.07) is 3.28. The minimum Gasteiger partial charge on any atom is -0.363 e. The quantitative estimate of drug-likeness (QED) is 0.730. The minimum atomic E-state index is -3.71. The fourth-order valence-electron chi connectivity index (χ4n) is 0.875. The summed E-state index contributed by atoms with van der Waals surface area (Å²) in [6.45, 7) is 0. The molecule has 0 saturated carbocycles. The van der Waals surface area contributed by atoms with Crippen LogP contribution in [0.3, 0.4) is 0 Å². The van der Waals surface area contributed by atoms with Crippen LogP contribution in [0, 0.1) is 0 Å². The van der Waals surface area contributed by atoms with Gasteiger partial charge >= 0.3 is 0 Å². The molecule has 0 atom stereocenters. The van der Waals surface area contributed by atoms with Gasteiger partial charge in [0, 0.05) is 14.1 Å². The number of pyridine rings is 1. The van der Waals surface area contributed by atoms with Crippen LogP contribution in [-0.4, -0.2) is 27.5 Å². The van der Waals surface area contributed by atoms with E-state index in [-0.39, 0.29) is 0 Å². The Morgan fingerprint density at radius 1 is 1.43 bits per heavy atom. The van der Waals surface area contributed by atoms with Gasteiger partial charge in [0.2, 0.25) is 0 Å². The van der Waals surface area contributed by atoms with Gasteiger partial charge in [-0.25, -0.2) is 10.1 Å². The van der Waals surface area contributed by atoms with E-state index in [1.807, 2.05) is 14.1 Å². The molecule has 0 radical (unpaired) electrons. The summed E-state index contributed by atoms with van der Waals surface area (Å²) in [5.41, 5.74) is 0.345. The van der Waals surface area contributed by atoms with Crippen molar-refractivity contribution >= 4 is 21.7 Å². The third-order valence-electron chi connectivity index (χ3n) is 1.47. The third-order valence-corrected chi connectivity index (χ3v) is 1.99. The first-order valence-electron chi connectivity index (χ1n) is 3.82. The van der Waals surface area contributed by atoms with Crippen LogP contribution in [0.5, 0.6) is 0 Å². The number of hydrogen-bond donors (Lipinski definition) is 2. The van der Waals surface area contributed by atoms with E-state index in [1.165, 1.54) is 6.20 Å². The van der Waals surface area contributed by atoms with Crippen LogP contribution in [0.2, 0.25) is 0 Å². The van der Waals surface area contributed by atoms with Gasteiger partial charge in [-0.15, -0.1) is 0 Å². The molecule has 0 spiro atoms. The zero-order valence-corrected chi connectivity index (χ0v) is 8.75. The summed E-state index contributed by atoms with van der Waals surface area (Å²) in [7, 11) is -0.0291. The standard InChI is InChI=1S/C7H12N4O2S/c1-11(2)7-4-3-6(5-9-7)10-14(8,12)13/h3-5,10H,1-2H3,(H2,8,12,13). The summed E-state index contributed by atoms with van der Waals surface area (Å²) < 4.78 is 23.4. The van der Waals surface area contributed by atoms with Crippen LogP contribution in [0.4, 0.5) is 11.5 Å². The summed E-state index contributed by atoms with van der Waals surface area (Å²) in [6.07, 6.45) is 1.40. The van der Waals surface area contributed by atoms with Crippen molar-refractivity contribution < 1.29 is 8.42 Å². The summed E-state index contributed by atoms with van der Waals surface area (Å²) in [4.78, 5) is 5.81. The van der Waals surface area contributed by atoms with Crippen molar-refractivity contribution in [3.8, 4) is 0 Å². The van der Waals surface area contributed by atoms with Crippen LogP contribution in [0.1, 0.15) is 0 Å². The fraction of sp³-hybridized carbons (Fsp3) is 0.286. The maximum absolute atomic E-state index is 10.6. The van der Waals surface area contributed by atoms with Gasteiger partial charge in [-0.05, 0) is 12.1 Å². The van der Waals surface area contributed by atoms with Crippen molar-refractivity contribution in [1.29, 1.82) is 0 Å². The topological polar surface area (TPSA) is 88.3 Å². The molecular weight excluding hydrogens is 204 g/mol. The molecule has 0 amide bonds. The highest BCUT2D eigenvalue weighted by Crippen LogP contribution is 2.11. The third kappa shape index (κ3) is 3.19. The summed E-state index contributed by atoms with van der Waals surface area (Å²) in [5, 5.41) is 4.79. The molecule has 1 rings (SSSR count). The van der Waals surface area contributed by atoms with Gasteiger partial charge in [-0.2, -0.15) is 8.42 Å². The molecule has 1 aromatic heterocycles. The van der Waals surface area contributed by atoms with Crippen molar-refractivity contribution in [1.82, 2.24) is 4.98 Å². The first-order chi connectivity index (χ1) is 6.38. The van der Waals surface area contributed by atoms with Crippen LogP contribution in [0.15, 0.2) is 18.3 Å². The number of nitrogens with zero attached hydrogens (tertiary/aromatic N) is 2. The predicted octanol–water partition coefficient (Wildman–Crippen LogP) is -0.237. The molecule has 0 saturated heterocycles. The number of nitrogens with one attached hydrogen (secondary N) is 1. The molecule has 0 bridgehead atoms. The molecule has 0 aliphatic heterocycles. The first-order valence-corrected chi connectivity index (χ1v) is 5.37. The van der Waals surface area contributed by atoms with E-state index in [2.05, 4.69) is 9.71 Å². The summed E-state index contributed by atoms with van der Waals surface area (Å²) in [5.74, 6) is 0.741. The molecule has 7 heteroatoms. The molecule has 0 aliphatic rings. The highest BCUT2D eigenvalue weighted by atomic mass is 32.2. The lowest BCUT2D eigenvalue weighted by molar-refractivity contribution is 0.603. The molecule has 3 N–H and O–H groups in total. The van der Waals surface area contributed by atoms with Gasteiger partial charge in [0.25, 0.3) is 10.2 Å². The van der Waals surface area contributed by atoms with Crippen molar-refractivity contribution in [2.75, 3.05) is 23.7 Å². The second-order valence-electron chi connectivity index (χ2n) is 2.95. The van der Waals surface area contributed by atoms with Gasteiger partial charge in [0.05, 0.1) is 11.9 Å². The van der Waals surface area contributed by atoms with Gasteiger partial charge < -0.3 is 4.90 Å². The SMILES string of the molecule is CN(C)c1ccc(NS(N)(=O)=O)cn1. The zero-order chi connectivity index (χ0) is 10.8. The lowest BCUT2D eigenvalue weighted by Crippen LogP contribution is -2.21. The second kappa shape index (κ2) is 3.81. The Bertz CT molecular complexity index is 398. The van der Waals surface area contributed by atoms with E-state index < -0.39 is 10.2 Å². The van der Waals surface area contributed by atoms with E-state index in [1.54, 1.807) is 17.0 Å². The van der Waals surface area contributed by atoms with Crippen LogP contribution in [0.25, 0.3) is 0 Å². The summed E-state index contributed by atoms with van der Waals surface area (Å²) >= 11 is 0. The lowest BCUT2D eigenvalue weighted by atomic mass is 10.4. The predicted molar refractivity (Wildman–Crippen MR) is 55.3 cm³/mol. The number of hydrogen-bond acceptors (Lipinski definition) is 4. The lowest BCUT2D eigenvalue weighted by Gasteiger charge is -2.11. The van der Waals surface area contributed by atoms with E-state index >= 15 is 0 Å². The molecule has 0 aliphatic carbocycles. The molecule has 1 aromatic rings. The van der Waals surface area contributed by atoms with Gasteiger partial charge in [0.15, 0.2) is 0 Å². The number of aromatic nitrogens is 1. The average molecular weight is 216 g/mol. The molecule has 1 heterocycles. The molecule has 6 nitrogen and oxygen atoms in total. The molecule has 0 aromatic carbocycles. The first kappa shape index (κ1) is 10.7. The largest absolute Gasteiger partial charge is 0.363 e. The molecular formula is C7H12N4O2S. The molecule has 14 heavy (non-hydrogen) atoms. The van der Waals surface area contributed by atoms with Gasteiger partial charge in [-0.3, -0.25) is 4.72 Å².